The van der Waals surface area contributed by atoms with Crippen molar-refractivity contribution in [2.24, 2.45) is 0 Å². The number of carbonyl (C=O) groups is 1. The van der Waals surface area contributed by atoms with Crippen LogP contribution in [0.3, 0.4) is 0 Å². The second-order valence-corrected chi connectivity index (χ2v) is 2.45. The maximum Gasteiger partial charge on any atom is 0.152 e. The van der Waals surface area contributed by atoms with Gasteiger partial charge in [0, 0.05) is 0 Å². The molecule has 0 bridgehead atoms. The van der Waals surface area contributed by atoms with E-state index in [1.165, 1.54) is 13.0 Å². The highest BCUT2D eigenvalue weighted by Gasteiger charge is 1.92. The largest absolute Gasteiger partial charge is 0.295 e. The Morgan fingerprint density at radius 3 is 2.67 bits per heavy atom. The van der Waals surface area contributed by atoms with E-state index in [4.69, 9.17) is 11.6 Å². The molecule has 0 aliphatic carbocycles. The van der Waals surface area contributed by atoms with Crippen molar-refractivity contribution < 1.29 is 4.79 Å². The molecular weight excluding hydrogens is 136 g/mol. The molecule has 9 heavy (non-hydrogen) atoms. The number of allylic oxidation sites excluding steroid dienone is 2. The third-order valence-corrected chi connectivity index (χ3v) is 1.38. The number of halogens is 1. The molecule has 2 heteroatoms. The first-order chi connectivity index (χ1) is 4.16. The molecule has 0 fully saturated rings. The van der Waals surface area contributed by atoms with E-state index in [0.717, 1.165) is 6.42 Å². The number of hydrogen-bond donors (Lipinski definition) is 0. The molecular formula is C7H11ClO. The summed E-state index contributed by atoms with van der Waals surface area (Å²) in [4.78, 5) is 10.3. The molecule has 0 spiro atoms. The van der Waals surface area contributed by atoms with E-state index in [0.29, 0.717) is 0 Å². The number of ketones is 1. The Bertz CT molecular complexity index is 118. The molecule has 0 aromatic rings. The zero-order valence-electron chi connectivity index (χ0n) is 5.73. The molecule has 0 N–H and O–H groups in total. The van der Waals surface area contributed by atoms with Gasteiger partial charge in [-0.15, -0.1) is 11.6 Å². The minimum atomic E-state index is 0.00824. The third kappa shape index (κ3) is 5.57. The van der Waals surface area contributed by atoms with Gasteiger partial charge in [-0.2, -0.15) is 0 Å². The summed E-state index contributed by atoms with van der Waals surface area (Å²) in [6.07, 6.45) is 4.08. The van der Waals surface area contributed by atoms with E-state index >= 15 is 0 Å². The van der Waals surface area contributed by atoms with Crippen molar-refractivity contribution in [3.05, 3.63) is 12.2 Å². The van der Waals surface area contributed by atoms with Crippen LogP contribution in [0.5, 0.6) is 0 Å². The molecule has 0 aliphatic heterocycles. The molecule has 0 aromatic carbocycles. The van der Waals surface area contributed by atoms with Crippen LogP contribution in [0.4, 0.5) is 0 Å². The summed E-state index contributed by atoms with van der Waals surface area (Å²) in [7, 11) is 0. The van der Waals surface area contributed by atoms with Crippen molar-refractivity contribution in [2.75, 3.05) is 0 Å². The Kier molecular flexibility index (Phi) is 4.41. The van der Waals surface area contributed by atoms with E-state index in [-0.39, 0.29) is 11.2 Å². The quantitative estimate of drug-likeness (QED) is 0.441. The Morgan fingerprint density at radius 2 is 2.33 bits per heavy atom. The van der Waals surface area contributed by atoms with Gasteiger partial charge >= 0.3 is 0 Å². The lowest BCUT2D eigenvalue weighted by atomic mass is 10.3. The van der Waals surface area contributed by atoms with E-state index in [1.54, 1.807) is 6.08 Å². The smallest absolute Gasteiger partial charge is 0.152 e. The molecule has 0 radical (unpaired) electrons. The predicted molar refractivity (Wildman–Crippen MR) is 39.8 cm³/mol. The topological polar surface area (TPSA) is 17.1 Å². The highest BCUT2D eigenvalue weighted by Crippen LogP contribution is 2.01. The van der Waals surface area contributed by atoms with Crippen LogP contribution >= 0.6 is 11.6 Å². The Morgan fingerprint density at radius 1 is 1.78 bits per heavy atom. The fourth-order valence-corrected chi connectivity index (χ4v) is 0.449. The number of alkyl halides is 1. The average Bonchev–Trinajstić information content (AvgIpc) is 1.83. The molecule has 0 saturated carbocycles. The van der Waals surface area contributed by atoms with Gasteiger partial charge in [-0.25, -0.2) is 0 Å². The van der Waals surface area contributed by atoms with Crippen molar-refractivity contribution >= 4 is 17.4 Å². The van der Waals surface area contributed by atoms with E-state index in [2.05, 4.69) is 0 Å². The van der Waals surface area contributed by atoms with Crippen molar-refractivity contribution in [2.45, 2.75) is 25.6 Å². The van der Waals surface area contributed by atoms with Crippen LogP contribution in [0.25, 0.3) is 0 Å². The normalized spacial score (nSPS) is 14.1. The lowest BCUT2D eigenvalue weighted by Crippen LogP contribution is -1.90. The lowest BCUT2D eigenvalue weighted by Gasteiger charge is -1.93. The van der Waals surface area contributed by atoms with Gasteiger partial charge in [0.25, 0.3) is 0 Å². The van der Waals surface area contributed by atoms with Crippen LogP contribution in [-0.2, 0) is 4.79 Å². The zero-order valence-corrected chi connectivity index (χ0v) is 6.48. The van der Waals surface area contributed by atoms with Crippen molar-refractivity contribution in [3.8, 4) is 0 Å². The molecule has 0 heterocycles. The first-order valence-corrected chi connectivity index (χ1v) is 3.43. The summed E-state index contributed by atoms with van der Waals surface area (Å²) in [5.41, 5.74) is 0. The fraction of sp³-hybridized carbons (Fsp3) is 0.571. The molecule has 0 aromatic heterocycles. The van der Waals surface area contributed by atoms with Gasteiger partial charge in [0.15, 0.2) is 5.78 Å². The Balaban J connectivity index is 3.56. The summed E-state index contributed by atoms with van der Waals surface area (Å²) in [5.74, 6) is 0.0501. The minimum absolute atomic E-state index is 0.00824. The van der Waals surface area contributed by atoms with Gasteiger partial charge in [-0.05, 0) is 19.4 Å². The Hall–Kier alpha value is -0.300. The summed E-state index contributed by atoms with van der Waals surface area (Å²) < 4.78 is 0. The van der Waals surface area contributed by atoms with Crippen LogP contribution in [0.1, 0.15) is 20.3 Å². The Labute approximate surface area is 60.7 Å². The summed E-state index contributed by atoms with van der Waals surface area (Å²) in [5, 5.41) is 0.00824. The molecule has 0 amide bonds. The number of rotatable bonds is 3. The molecule has 1 atom stereocenters. The van der Waals surface area contributed by atoms with Crippen molar-refractivity contribution in [3.63, 3.8) is 0 Å². The van der Waals surface area contributed by atoms with Crippen LogP contribution in [0.15, 0.2) is 12.2 Å². The first kappa shape index (κ1) is 8.70. The summed E-state index contributed by atoms with van der Waals surface area (Å²) >= 11 is 5.67. The van der Waals surface area contributed by atoms with Gasteiger partial charge in [0.2, 0.25) is 0 Å². The maximum absolute atomic E-state index is 10.3. The zero-order chi connectivity index (χ0) is 7.28. The minimum Gasteiger partial charge on any atom is -0.295 e. The summed E-state index contributed by atoms with van der Waals surface area (Å²) in [6, 6.07) is 0. The molecule has 1 unspecified atom stereocenters. The predicted octanol–water partition coefficient (Wildman–Crippen LogP) is 2.15. The number of hydrogen-bond acceptors (Lipinski definition) is 1. The standard InChI is InChI=1S/C7H11ClO/c1-3-7(8)5-4-6(2)9/h4-5,7H,3H2,1-2H3. The SMILES string of the molecule is CCC(Cl)C=CC(C)=O. The molecule has 0 rings (SSSR count). The second kappa shape index (κ2) is 4.57. The van der Waals surface area contributed by atoms with E-state index in [9.17, 15) is 4.79 Å². The highest BCUT2D eigenvalue weighted by molar-refractivity contribution is 6.21. The van der Waals surface area contributed by atoms with E-state index in [1.807, 2.05) is 6.92 Å². The van der Waals surface area contributed by atoms with Crippen LogP contribution in [-0.4, -0.2) is 11.2 Å². The van der Waals surface area contributed by atoms with Gasteiger partial charge in [0.1, 0.15) is 0 Å². The first-order valence-electron chi connectivity index (χ1n) is 2.99. The van der Waals surface area contributed by atoms with Crippen LogP contribution in [0.2, 0.25) is 0 Å². The summed E-state index contributed by atoms with van der Waals surface area (Å²) in [6.45, 7) is 3.48. The monoisotopic (exact) mass is 146 g/mol. The highest BCUT2D eigenvalue weighted by atomic mass is 35.5. The fourth-order valence-electron chi connectivity index (χ4n) is 0.376. The molecule has 52 valence electrons. The van der Waals surface area contributed by atoms with Crippen LogP contribution in [0, 0.1) is 0 Å². The third-order valence-electron chi connectivity index (χ3n) is 0.930. The molecule has 0 aliphatic rings. The van der Waals surface area contributed by atoms with Gasteiger partial charge in [0.05, 0.1) is 5.38 Å². The van der Waals surface area contributed by atoms with Gasteiger partial charge in [-0.3, -0.25) is 4.79 Å². The average molecular weight is 147 g/mol. The van der Waals surface area contributed by atoms with Gasteiger partial charge < -0.3 is 0 Å². The van der Waals surface area contributed by atoms with Crippen LogP contribution < -0.4 is 0 Å². The van der Waals surface area contributed by atoms with Crippen molar-refractivity contribution in [1.82, 2.24) is 0 Å². The molecule has 1 nitrogen and oxygen atoms in total. The lowest BCUT2D eigenvalue weighted by molar-refractivity contribution is -0.112. The van der Waals surface area contributed by atoms with Gasteiger partial charge in [-0.1, -0.05) is 13.0 Å². The number of carbonyl (C=O) groups excluding carboxylic acids is 1. The second-order valence-electron chi connectivity index (χ2n) is 1.89. The molecule has 0 saturated heterocycles. The van der Waals surface area contributed by atoms with E-state index < -0.39 is 0 Å². The van der Waals surface area contributed by atoms with Crippen molar-refractivity contribution in [1.29, 1.82) is 0 Å². The maximum atomic E-state index is 10.3.